The molecular weight excluding hydrogens is 506 g/mol. The Hall–Kier alpha value is -2.49. The van der Waals surface area contributed by atoms with Gasteiger partial charge in [0.25, 0.3) is 11.1 Å². The van der Waals surface area contributed by atoms with Gasteiger partial charge in [-0.2, -0.15) is 4.31 Å². The third kappa shape index (κ3) is 5.40. The molecule has 2 aromatic carbocycles. The number of amides is 1. The zero-order chi connectivity index (χ0) is 26.2. The number of nitrogens with zero attached hydrogens (tertiary/aromatic N) is 3. The predicted molar refractivity (Wildman–Crippen MR) is 147 cm³/mol. The van der Waals surface area contributed by atoms with Crippen LogP contribution in [0.3, 0.4) is 0 Å². The van der Waals surface area contributed by atoms with Crippen LogP contribution in [0.2, 0.25) is 0 Å². The van der Waals surface area contributed by atoms with Gasteiger partial charge in [0.15, 0.2) is 0 Å². The first-order valence-corrected chi connectivity index (χ1v) is 15.4. The fourth-order valence-electron chi connectivity index (χ4n) is 5.37. The van der Waals surface area contributed by atoms with Crippen molar-refractivity contribution in [3.05, 3.63) is 53.1 Å². The average molecular weight is 542 g/mol. The Kier molecular flexibility index (Phi) is 7.56. The predicted octanol–water partition coefficient (Wildman–Crippen LogP) is 5.55. The summed E-state index contributed by atoms with van der Waals surface area (Å²) >= 11 is 1.58. The Morgan fingerprint density at radius 2 is 1.62 bits per heavy atom. The molecular formula is C28H35N3O4S2. The highest BCUT2D eigenvalue weighted by Gasteiger charge is 2.30. The molecule has 2 fully saturated rings. The van der Waals surface area contributed by atoms with E-state index >= 15 is 0 Å². The Labute approximate surface area is 223 Å². The van der Waals surface area contributed by atoms with Crippen molar-refractivity contribution in [1.29, 1.82) is 0 Å². The molecule has 0 unspecified atom stereocenters. The number of benzene rings is 2. The molecule has 37 heavy (non-hydrogen) atoms. The van der Waals surface area contributed by atoms with E-state index in [4.69, 9.17) is 9.72 Å². The summed E-state index contributed by atoms with van der Waals surface area (Å²) in [6.07, 6.45) is 6.61. The van der Waals surface area contributed by atoms with E-state index in [0.717, 1.165) is 54.3 Å². The highest BCUT2D eigenvalue weighted by atomic mass is 32.2. The highest BCUT2D eigenvalue weighted by molar-refractivity contribution is 7.89. The van der Waals surface area contributed by atoms with E-state index in [1.807, 2.05) is 4.90 Å². The van der Waals surface area contributed by atoms with Crippen molar-refractivity contribution in [1.82, 2.24) is 14.2 Å². The number of hydrogen-bond donors (Lipinski definition) is 0. The number of rotatable bonds is 6. The van der Waals surface area contributed by atoms with E-state index in [0.29, 0.717) is 23.8 Å². The van der Waals surface area contributed by atoms with Crippen molar-refractivity contribution in [3.8, 4) is 5.19 Å². The molecule has 1 saturated heterocycles. The van der Waals surface area contributed by atoms with E-state index in [9.17, 15) is 13.2 Å². The molecule has 1 saturated carbocycles. The molecule has 1 aliphatic heterocycles. The molecule has 1 aromatic heterocycles. The number of thiazole rings is 1. The first-order valence-electron chi connectivity index (χ1n) is 13.1. The smallest absolute Gasteiger partial charge is 0.274 e. The van der Waals surface area contributed by atoms with E-state index in [1.54, 1.807) is 42.6 Å². The quantitative estimate of drug-likeness (QED) is 0.409. The lowest BCUT2D eigenvalue weighted by Gasteiger charge is -2.32. The molecule has 0 N–H and O–H groups in total. The van der Waals surface area contributed by atoms with Crippen LogP contribution in [-0.4, -0.2) is 60.8 Å². The molecule has 0 bridgehead atoms. The van der Waals surface area contributed by atoms with Crippen LogP contribution >= 0.6 is 11.3 Å². The Morgan fingerprint density at radius 1 is 0.973 bits per heavy atom. The third-order valence-corrected chi connectivity index (χ3v) is 10.8. The van der Waals surface area contributed by atoms with Crippen LogP contribution in [-0.2, 0) is 10.0 Å². The van der Waals surface area contributed by atoms with E-state index in [-0.39, 0.29) is 22.9 Å². The second kappa shape index (κ2) is 10.7. The van der Waals surface area contributed by atoms with E-state index in [2.05, 4.69) is 26.0 Å². The van der Waals surface area contributed by atoms with E-state index < -0.39 is 10.0 Å². The van der Waals surface area contributed by atoms with Crippen molar-refractivity contribution in [2.45, 2.75) is 75.8 Å². The fourth-order valence-corrected chi connectivity index (χ4v) is 7.81. The topological polar surface area (TPSA) is 79.8 Å². The molecule has 198 valence electrons. The Balaban J connectivity index is 1.18. The van der Waals surface area contributed by atoms with Crippen molar-refractivity contribution in [2.75, 3.05) is 20.1 Å². The molecule has 2 aliphatic rings. The van der Waals surface area contributed by atoms with Crippen molar-refractivity contribution >= 4 is 37.5 Å². The molecule has 1 amide bonds. The summed E-state index contributed by atoms with van der Waals surface area (Å²) in [6.45, 7) is 5.34. The average Bonchev–Trinajstić information content (AvgIpc) is 3.36. The largest absolute Gasteiger partial charge is 0.467 e. The number of fused-ring (bicyclic) bond motifs is 1. The molecule has 0 radical (unpaired) electrons. The number of carbonyl (C=O) groups is 1. The lowest BCUT2D eigenvalue weighted by molar-refractivity contribution is 0.0595. The lowest BCUT2D eigenvalue weighted by atomic mass is 9.96. The van der Waals surface area contributed by atoms with Gasteiger partial charge in [-0.15, -0.1) is 0 Å². The van der Waals surface area contributed by atoms with E-state index in [1.165, 1.54) is 16.3 Å². The van der Waals surface area contributed by atoms with Crippen LogP contribution in [0.4, 0.5) is 0 Å². The van der Waals surface area contributed by atoms with Crippen molar-refractivity contribution in [3.63, 3.8) is 0 Å². The molecule has 0 atom stereocenters. The maximum atomic E-state index is 13.1. The lowest BCUT2D eigenvalue weighted by Crippen LogP contribution is -2.41. The zero-order valence-electron chi connectivity index (χ0n) is 21.8. The van der Waals surface area contributed by atoms with Crippen LogP contribution in [0, 0.1) is 13.8 Å². The number of aryl methyl sites for hydroxylation is 2. The number of carbonyl (C=O) groups excluding carboxylic acids is 1. The monoisotopic (exact) mass is 541 g/mol. The van der Waals surface area contributed by atoms with Gasteiger partial charge in [-0.05, 0) is 62.1 Å². The van der Waals surface area contributed by atoms with Crippen molar-refractivity contribution < 1.29 is 17.9 Å². The summed E-state index contributed by atoms with van der Waals surface area (Å²) in [5.74, 6) is -0.0748. The van der Waals surface area contributed by atoms with Crippen molar-refractivity contribution in [2.24, 2.45) is 0 Å². The summed E-state index contributed by atoms with van der Waals surface area (Å²) in [7, 11) is -1.90. The summed E-state index contributed by atoms with van der Waals surface area (Å²) in [5.41, 5.74) is 3.86. The Morgan fingerprint density at radius 3 is 2.27 bits per heavy atom. The SMILES string of the molecule is Cc1ccc(C)c2sc(OC3CCN(C(=O)c4ccc(S(=O)(=O)N(C)C5CCCCC5)cc4)CC3)nc12. The van der Waals surface area contributed by atoms with Gasteiger partial charge < -0.3 is 9.64 Å². The van der Waals surface area contributed by atoms with Crippen LogP contribution in [0.15, 0.2) is 41.3 Å². The summed E-state index contributed by atoms with van der Waals surface area (Å²) < 4.78 is 35.1. The molecule has 0 spiro atoms. The van der Waals surface area contributed by atoms with Crippen LogP contribution < -0.4 is 4.74 Å². The van der Waals surface area contributed by atoms with Gasteiger partial charge in [-0.3, -0.25) is 4.79 Å². The number of ether oxygens (including phenoxy) is 1. The van der Waals surface area contributed by atoms with Gasteiger partial charge in [-0.25, -0.2) is 13.4 Å². The summed E-state index contributed by atoms with van der Waals surface area (Å²) in [4.78, 5) is 19.9. The standard InChI is InChI=1S/C28H35N3O4S2/c1-19-9-10-20(2)26-25(19)29-28(36-26)35-23-15-17-31(18-16-23)27(32)21-11-13-24(14-12-21)37(33,34)30(3)22-7-5-4-6-8-22/h9-14,22-23H,4-8,15-18H2,1-3H3. The van der Waals surface area contributed by atoms with Gasteiger partial charge in [0.1, 0.15) is 6.10 Å². The number of aromatic nitrogens is 1. The van der Waals surface area contributed by atoms with Gasteiger partial charge in [0.05, 0.1) is 15.1 Å². The first-order chi connectivity index (χ1) is 17.7. The third-order valence-electron chi connectivity index (χ3n) is 7.79. The number of likely N-dealkylation sites (tertiary alicyclic amines) is 1. The number of sulfonamides is 1. The van der Waals surface area contributed by atoms with Crippen LogP contribution in [0.1, 0.15) is 66.4 Å². The van der Waals surface area contributed by atoms with Crippen LogP contribution in [0.25, 0.3) is 10.2 Å². The molecule has 9 heteroatoms. The van der Waals surface area contributed by atoms with Gasteiger partial charge in [0.2, 0.25) is 10.0 Å². The fraction of sp³-hybridized carbons (Fsp3) is 0.500. The van der Waals surface area contributed by atoms with Gasteiger partial charge in [0, 0.05) is 44.6 Å². The summed E-state index contributed by atoms with van der Waals surface area (Å²) in [6, 6.07) is 10.7. The molecule has 7 nitrogen and oxygen atoms in total. The van der Waals surface area contributed by atoms with Crippen LogP contribution in [0.5, 0.6) is 5.19 Å². The minimum absolute atomic E-state index is 0.0214. The second-order valence-electron chi connectivity index (χ2n) is 10.3. The zero-order valence-corrected chi connectivity index (χ0v) is 23.4. The number of hydrogen-bond acceptors (Lipinski definition) is 6. The number of piperidine rings is 1. The molecule has 1 aliphatic carbocycles. The normalized spacial score (nSPS) is 18.0. The van der Waals surface area contributed by atoms with Gasteiger partial charge >= 0.3 is 0 Å². The maximum absolute atomic E-state index is 13.1. The minimum atomic E-state index is -3.57. The molecule has 3 aromatic rings. The Bertz CT molecular complexity index is 1330. The minimum Gasteiger partial charge on any atom is -0.467 e. The molecule has 2 heterocycles. The maximum Gasteiger partial charge on any atom is 0.274 e. The summed E-state index contributed by atoms with van der Waals surface area (Å²) in [5, 5.41) is 0.687. The second-order valence-corrected chi connectivity index (χ2v) is 13.3. The highest BCUT2D eigenvalue weighted by Crippen LogP contribution is 2.34. The first kappa shape index (κ1) is 26.1. The molecule has 5 rings (SSSR count). The van der Waals surface area contributed by atoms with Gasteiger partial charge in [-0.1, -0.05) is 42.7 Å².